The Morgan fingerprint density at radius 1 is 1.36 bits per heavy atom. The largest absolute Gasteiger partial charge is 0.336 e. The van der Waals surface area contributed by atoms with E-state index in [1.807, 2.05) is 17.9 Å². The maximum Gasteiger partial charge on any atom is 0.259 e. The lowest BCUT2D eigenvalue weighted by Gasteiger charge is -2.27. The molecule has 1 saturated heterocycles. The number of pyridine rings is 1. The van der Waals surface area contributed by atoms with Crippen molar-refractivity contribution in [2.45, 2.75) is 25.7 Å². The first-order valence-corrected chi connectivity index (χ1v) is 7.51. The van der Waals surface area contributed by atoms with E-state index in [0.29, 0.717) is 17.2 Å². The quantitative estimate of drug-likeness (QED) is 0.914. The predicted octanol–water partition coefficient (Wildman–Crippen LogP) is 1.88. The van der Waals surface area contributed by atoms with E-state index in [2.05, 4.69) is 15.5 Å². The van der Waals surface area contributed by atoms with Gasteiger partial charge in [0.05, 0.1) is 16.6 Å². The maximum absolute atomic E-state index is 12.9. The normalized spacial score (nSPS) is 18.3. The lowest BCUT2D eigenvalue weighted by Crippen LogP contribution is -2.46. The summed E-state index contributed by atoms with van der Waals surface area (Å²) in [7, 11) is 0. The molecule has 2 fully saturated rings. The van der Waals surface area contributed by atoms with E-state index >= 15 is 0 Å². The van der Waals surface area contributed by atoms with Gasteiger partial charge in [0, 0.05) is 37.8 Å². The van der Waals surface area contributed by atoms with Gasteiger partial charge in [-0.2, -0.15) is 0 Å². The highest BCUT2D eigenvalue weighted by Crippen LogP contribution is 2.40. The average Bonchev–Trinajstić information content (AvgIpc) is 3.31. The zero-order valence-electron chi connectivity index (χ0n) is 12.5. The molecular weight excluding hydrogens is 304 g/mol. The monoisotopic (exact) mass is 322 g/mol. The van der Waals surface area contributed by atoms with E-state index < -0.39 is 0 Å². The van der Waals surface area contributed by atoms with Crippen LogP contribution in [-0.2, 0) is 0 Å². The van der Waals surface area contributed by atoms with Crippen LogP contribution in [0, 0.1) is 6.92 Å². The topological polar surface area (TPSA) is 71.3 Å². The first-order valence-electron chi connectivity index (χ1n) is 7.51. The summed E-state index contributed by atoms with van der Waals surface area (Å²) in [4.78, 5) is 19.3. The molecule has 2 aromatic heterocycles. The molecule has 0 unspecified atom stereocenters. The number of aryl methyl sites for hydroxylation is 1. The van der Waals surface area contributed by atoms with Crippen LogP contribution >= 0.6 is 12.4 Å². The molecule has 2 aromatic rings. The van der Waals surface area contributed by atoms with Gasteiger partial charge in [-0.05, 0) is 25.8 Å². The number of hydrogen-bond acceptors (Lipinski definition) is 5. The van der Waals surface area contributed by atoms with Crippen molar-refractivity contribution in [3.8, 4) is 0 Å². The lowest BCUT2D eigenvalue weighted by atomic mass is 10.1. The number of carbonyl (C=O) groups is 1. The third kappa shape index (κ3) is 2.57. The standard InChI is InChI=1S/C15H18N4O2.ClH/c1-9-13-11(15(20)19-6-4-16-5-7-19)8-12(10-2-3-10)17-14(13)21-18-9;/h8,10,16H,2-7H2,1H3;1H. The first kappa shape index (κ1) is 15.2. The van der Waals surface area contributed by atoms with Gasteiger partial charge in [0.25, 0.3) is 11.6 Å². The minimum atomic E-state index is 0. The summed E-state index contributed by atoms with van der Waals surface area (Å²) < 4.78 is 5.30. The van der Waals surface area contributed by atoms with E-state index in [4.69, 9.17) is 4.52 Å². The molecule has 3 heterocycles. The van der Waals surface area contributed by atoms with Crippen LogP contribution in [-0.4, -0.2) is 47.1 Å². The number of nitrogens with zero attached hydrogens (tertiary/aromatic N) is 3. The summed E-state index contributed by atoms with van der Waals surface area (Å²) in [6, 6.07) is 1.95. The Hall–Kier alpha value is -1.66. The van der Waals surface area contributed by atoms with Gasteiger partial charge >= 0.3 is 0 Å². The molecule has 6 nitrogen and oxygen atoms in total. The van der Waals surface area contributed by atoms with Crippen LogP contribution in [0.4, 0.5) is 0 Å². The van der Waals surface area contributed by atoms with Crippen molar-refractivity contribution in [1.29, 1.82) is 0 Å². The van der Waals surface area contributed by atoms with Gasteiger partial charge in [-0.15, -0.1) is 12.4 Å². The van der Waals surface area contributed by atoms with E-state index in [-0.39, 0.29) is 18.3 Å². The number of piperazine rings is 1. The summed E-state index contributed by atoms with van der Waals surface area (Å²) in [5.74, 6) is 0.548. The van der Waals surface area contributed by atoms with Crippen molar-refractivity contribution < 1.29 is 9.32 Å². The smallest absolute Gasteiger partial charge is 0.259 e. The van der Waals surface area contributed by atoms with Gasteiger partial charge < -0.3 is 14.7 Å². The Labute approximate surface area is 134 Å². The van der Waals surface area contributed by atoms with Gasteiger partial charge in [-0.1, -0.05) is 5.16 Å². The Bertz CT molecular complexity index is 705. The molecule has 7 heteroatoms. The number of halogens is 1. The summed E-state index contributed by atoms with van der Waals surface area (Å²) in [5.41, 5.74) is 2.90. The zero-order valence-corrected chi connectivity index (χ0v) is 13.3. The molecule has 0 aromatic carbocycles. The van der Waals surface area contributed by atoms with Crippen LogP contribution in [0.3, 0.4) is 0 Å². The van der Waals surface area contributed by atoms with E-state index in [1.165, 1.54) is 0 Å². The third-order valence-electron chi connectivity index (χ3n) is 4.27. The molecule has 1 aliphatic carbocycles. The number of amides is 1. The highest BCUT2D eigenvalue weighted by Gasteiger charge is 2.30. The molecule has 118 valence electrons. The van der Waals surface area contributed by atoms with E-state index in [9.17, 15) is 4.79 Å². The van der Waals surface area contributed by atoms with Crippen LogP contribution in [0.5, 0.6) is 0 Å². The van der Waals surface area contributed by atoms with Gasteiger partial charge in [0.15, 0.2) is 0 Å². The van der Waals surface area contributed by atoms with Crippen molar-refractivity contribution in [3.63, 3.8) is 0 Å². The van der Waals surface area contributed by atoms with Crippen LogP contribution in [0.15, 0.2) is 10.6 Å². The number of hydrogen-bond donors (Lipinski definition) is 1. The molecule has 0 bridgehead atoms. The molecule has 22 heavy (non-hydrogen) atoms. The fourth-order valence-electron chi connectivity index (χ4n) is 2.91. The van der Waals surface area contributed by atoms with Crippen molar-refractivity contribution in [2.75, 3.05) is 26.2 Å². The minimum absolute atomic E-state index is 0. The Kier molecular flexibility index (Phi) is 4.06. The first-order chi connectivity index (χ1) is 10.2. The Morgan fingerprint density at radius 2 is 2.09 bits per heavy atom. The fraction of sp³-hybridized carbons (Fsp3) is 0.533. The van der Waals surface area contributed by atoms with Crippen molar-refractivity contribution in [2.24, 2.45) is 0 Å². The molecule has 0 atom stereocenters. The number of carbonyl (C=O) groups excluding carboxylic acids is 1. The van der Waals surface area contributed by atoms with Crippen molar-refractivity contribution >= 4 is 29.4 Å². The highest BCUT2D eigenvalue weighted by molar-refractivity contribution is 6.06. The van der Waals surface area contributed by atoms with E-state index in [0.717, 1.165) is 55.8 Å². The molecule has 1 saturated carbocycles. The molecule has 1 N–H and O–H groups in total. The predicted molar refractivity (Wildman–Crippen MR) is 84.5 cm³/mol. The van der Waals surface area contributed by atoms with Gasteiger partial charge in [-0.3, -0.25) is 4.79 Å². The lowest BCUT2D eigenvalue weighted by molar-refractivity contribution is 0.0737. The van der Waals surface area contributed by atoms with Crippen molar-refractivity contribution in [1.82, 2.24) is 20.4 Å². The number of fused-ring (bicyclic) bond motifs is 1. The minimum Gasteiger partial charge on any atom is -0.336 e. The average molecular weight is 323 g/mol. The summed E-state index contributed by atoms with van der Waals surface area (Å²) in [5, 5.41) is 8.02. The second-order valence-corrected chi connectivity index (χ2v) is 5.86. The summed E-state index contributed by atoms with van der Waals surface area (Å²) in [6.07, 6.45) is 2.29. The molecule has 2 aliphatic rings. The molecule has 1 aliphatic heterocycles. The Morgan fingerprint density at radius 3 is 2.77 bits per heavy atom. The molecule has 0 radical (unpaired) electrons. The van der Waals surface area contributed by atoms with Gasteiger partial charge in [-0.25, -0.2) is 4.98 Å². The fourth-order valence-corrected chi connectivity index (χ4v) is 2.91. The number of nitrogens with one attached hydrogen (secondary N) is 1. The second-order valence-electron chi connectivity index (χ2n) is 5.86. The third-order valence-corrected chi connectivity index (χ3v) is 4.27. The molecular formula is C15H19ClN4O2. The maximum atomic E-state index is 12.9. The zero-order chi connectivity index (χ0) is 14.4. The van der Waals surface area contributed by atoms with Crippen LogP contribution in [0.2, 0.25) is 0 Å². The van der Waals surface area contributed by atoms with Crippen LogP contribution in [0.1, 0.15) is 40.5 Å². The second kappa shape index (κ2) is 5.85. The molecule has 4 rings (SSSR count). The van der Waals surface area contributed by atoms with Gasteiger partial charge in [0.2, 0.25) is 0 Å². The summed E-state index contributed by atoms with van der Waals surface area (Å²) in [6.45, 7) is 5.03. The SMILES string of the molecule is Cc1noc2nc(C3CC3)cc(C(=O)N3CCNCC3)c12.Cl. The highest BCUT2D eigenvalue weighted by atomic mass is 35.5. The molecule has 0 spiro atoms. The van der Waals surface area contributed by atoms with Gasteiger partial charge in [0.1, 0.15) is 0 Å². The molecule has 1 amide bonds. The van der Waals surface area contributed by atoms with Crippen LogP contribution < -0.4 is 5.32 Å². The number of rotatable bonds is 2. The Balaban J connectivity index is 0.00000144. The summed E-state index contributed by atoms with van der Waals surface area (Å²) >= 11 is 0. The number of aromatic nitrogens is 2. The van der Waals surface area contributed by atoms with Crippen LogP contribution in [0.25, 0.3) is 11.1 Å². The van der Waals surface area contributed by atoms with Crippen molar-refractivity contribution in [3.05, 3.63) is 23.0 Å². The van der Waals surface area contributed by atoms with E-state index in [1.54, 1.807) is 0 Å².